The Morgan fingerprint density at radius 2 is 1.70 bits per heavy atom. The van der Waals surface area contributed by atoms with Gasteiger partial charge < -0.3 is 16.0 Å². The number of amides is 3. The Labute approximate surface area is 179 Å². The summed E-state index contributed by atoms with van der Waals surface area (Å²) in [5.41, 5.74) is 1.12. The fourth-order valence-electron chi connectivity index (χ4n) is 1.60. The van der Waals surface area contributed by atoms with Gasteiger partial charge in [-0.25, -0.2) is 0 Å². The molecule has 0 spiro atoms. The van der Waals surface area contributed by atoms with Crippen molar-refractivity contribution in [1.29, 1.82) is 0 Å². The molecule has 0 aliphatic heterocycles. The molecule has 6 nitrogen and oxygen atoms in total. The van der Waals surface area contributed by atoms with Crippen LogP contribution in [0.1, 0.15) is 17.3 Å². The molecule has 23 heavy (non-hydrogen) atoms. The van der Waals surface area contributed by atoms with Gasteiger partial charge in [0.25, 0.3) is 5.91 Å². The summed E-state index contributed by atoms with van der Waals surface area (Å²) in [7, 11) is 0. The van der Waals surface area contributed by atoms with E-state index < -0.39 is 0 Å². The Morgan fingerprint density at radius 1 is 1.09 bits per heavy atom. The molecule has 0 radical (unpaired) electrons. The number of alkyl halides is 1. The molecule has 0 heterocycles. The van der Waals surface area contributed by atoms with Gasteiger partial charge in [0.05, 0.1) is 14.8 Å². The maximum atomic E-state index is 12.4. The number of rotatable bonds is 6. The van der Waals surface area contributed by atoms with Crippen LogP contribution in [-0.2, 0) is 9.59 Å². The second-order valence-electron chi connectivity index (χ2n) is 4.32. The Morgan fingerprint density at radius 3 is 2.26 bits per heavy atom. The average molecular weight is 675 g/mol. The molecule has 0 fully saturated rings. The van der Waals surface area contributed by atoms with E-state index in [0.29, 0.717) is 21.4 Å². The Kier molecular flexibility index (Phi) is 9.36. The van der Waals surface area contributed by atoms with Crippen molar-refractivity contribution in [3.63, 3.8) is 0 Å². The van der Waals surface area contributed by atoms with Gasteiger partial charge in [0.1, 0.15) is 5.88 Å². The Bertz CT molecular complexity index is 641. The van der Waals surface area contributed by atoms with Crippen molar-refractivity contribution in [3.8, 4) is 0 Å². The maximum absolute atomic E-state index is 12.4. The van der Waals surface area contributed by atoms with Crippen molar-refractivity contribution in [2.24, 2.45) is 0 Å². The van der Waals surface area contributed by atoms with Gasteiger partial charge in [-0.1, -0.05) is 0 Å². The number of carbonyl (C=O) groups is 3. The van der Waals surface area contributed by atoms with Crippen LogP contribution in [0.2, 0.25) is 0 Å². The van der Waals surface area contributed by atoms with E-state index in [1.807, 2.05) is 28.7 Å². The van der Waals surface area contributed by atoms with Crippen LogP contribution in [0.5, 0.6) is 0 Å². The van der Waals surface area contributed by atoms with Crippen LogP contribution in [0.4, 0.5) is 5.69 Å². The summed E-state index contributed by atoms with van der Waals surface area (Å²) in [4.78, 5) is 34.7. The van der Waals surface area contributed by atoms with Gasteiger partial charge in [0.15, 0.2) is 0 Å². The fraction of sp³-hybridized carbons (Fsp3) is 0.308. The number of anilines is 1. The molecule has 1 aromatic carbocycles. The number of nitrogens with one attached hydrogen (secondary N) is 3. The van der Waals surface area contributed by atoms with Crippen molar-refractivity contribution >= 4 is 103 Å². The van der Waals surface area contributed by atoms with Crippen LogP contribution in [0.3, 0.4) is 0 Å². The largest absolute Gasteiger partial charge is 0.353 e. The maximum Gasteiger partial charge on any atom is 0.253 e. The molecule has 0 unspecified atom stereocenters. The molecule has 1 aromatic rings. The molecule has 0 bridgehead atoms. The zero-order chi connectivity index (χ0) is 17.6. The highest BCUT2D eigenvalue weighted by Gasteiger charge is 2.20. The lowest BCUT2D eigenvalue weighted by molar-refractivity contribution is -0.118. The van der Waals surface area contributed by atoms with E-state index in [1.54, 1.807) is 0 Å². The van der Waals surface area contributed by atoms with E-state index in [-0.39, 0.29) is 30.1 Å². The van der Waals surface area contributed by atoms with Crippen LogP contribution < -0.4 is 16.0 Å². The van der Waals surface area contributed by atoms with Gasteiger partial charge in [-0.05, 0) is 73.8 Å². The average Bonchev–Trinajstić information content (AvgIpc) is 2.47. The van der Waals surface area contributed by atoms with Gasteiger partial charge in [-0.15, -0.1) is 11.6 Å². The molecule has 0 saturated carbocycles. The SMILES string of the molecule is CC(=O)Nc1c(I)cc(I)c(C(=O)NCCNC(=O)CCl)c1I. The molecule has 0 atom stereocenters. The third kappa shape index (κ3) is 6.49. The van der Waals surface area contributed by atoms with Crippen LogP contribution in [-0.4, -0.2) is 36.7 Å². The lowest BCUT2D eigenvalue weighted by atomic mass is 10.2. The first-order valence-electron chi connectivity index (χ1n) is 6.33. The standard InChI is InChI=1S/C13H13ClI3N3O3/c1-6(21)20-12-8(16)4-7(15)10(11(12)17)13(23)19-3-2-18-9(22)5-14/h4H,2-3,5H2,1H3,(H,18,22)(H,19,23)(H,20,21). The Balaban J connectivity index is 2.87. The minimum absolute atomic E-state index is 0.110. The zero-order valence-electron chi connectivity index (χ0n) is 11.9. The van der Waals surface area contributed by atoms with E-state index in [4.69, 9.17) is 11.6 Å². The van der Waals surface area contributed by atoms with Crippen LogP contribution in [0.15, 0.2) is 6.07 Å². The van der Waals surface area contributed by atoms with Crippen molar-refractivity contribution in [1.82, 2.24) is 10.6 Å². The predicted octanol–water partition coefficient (Wildman–Crippen LogP) is 2.54. The number of hydrogen-bond acceptors (Lipinski definition) is 3. The van der Waals surface area contributed by atoms with E-state index in [0.717, 1.165) is 7.14 Å². The summed E-state index contributed by atoms with van der Waals surface area (Å²) < 4.78 is 2.32. The normalized spacial score (nSPS) is 10.1. The molecule has 0 aliphatic carbocycles. The number of carbonyl (C=O) groups excluding carboxylic acids is 3. The predicted molar refractivity (Wildman–Crippen MR) is 115 cm³/mol. The molecule has 3 amide bonds. The first kappa shape index (κ1) is 21.2. The molecule has 10 heteroatoms. The molecular formula is C13H13ClI3N3O3. The number of hydrogen-bond donors (Lipinski definition) is 3. The van der Waals surface area contributed by atoms with E-state index in [1.165, 1.54) is 6.92 Å². The van der Waals surface area contributed by atoms with Crippen molar-refractivity contribution in [3.05, 3.63) is 22.3 Å². The van der Waals surface area contributed by atoms with Crippen LogP contribution in [0, 0.1) is 10.7 Å². The summed E-state index contributed by atoms with van der Waals surface area (Å²) in [5.74, 6) is -0.854. The highest BCUT2D eigenvalue weighted by atomic mass is 127. The summed E-state index contributed by atoms with van der Waals surface area (Å²) >= 11 is 11.6. The molecule has 3 N–H and O–H groups in total. The molecule has 126 valence electrons. The van der Waals surface area contributed by atoms with Crippen LogP contribution >= 0.6 is 79.4 Å². The minimum atomic E-state index is -0.285. The van der Waals surface area contributed by atoms with Crippen molar-refractivity contribution in [2.75, 3.05) is 24.3 Å². The van der Waals surface area contributed by atoms with Crippen LogP contribution in [0.25, 0.3) is 0 Å². The van der Waals surface area contributed by atoms with E-state index in [2.05, 4.69) is 61.1 Å². The summed E-state index contributed by atoms with van der Waals surface area (Å²) in [6.07, 6.45) is 0. The molecular weight excluding hydrogens is 662 g/mol. The first-order chi connectivity index (χ1) is 10.8. The van der Waals surface area contributed by atoms with Gasteiger partial charge in [0.2, 0.25) is 11.8 Å². The minimum Gasteiger partial charge on any atom is -0.353 e. The second-order valence-corrected chi connectivity index (χ2v) is 8.00. The lowest BCUT2D eigenvalue weighted by Crippen LogP contribution is -2.35. The topological polar surface area (TPSA) is 87.3 Å². The molecule has 0 aromatic heterocycles. The molecule has 0 saturated heterocycles. The number of halogens is 4. The lowest BCUT2D eigenvalue weighted by Gasteiger charge is -2.15. The smallest absolute Gasteiger partial charge is 0.253 e. The fourth-order valence-corrected chi connectivity index (χ4v) is 5.83. The van der Waals surface area contributed by atoms with Gasteiger partial charge in [0, 0.05) is 27.2 Å². The molecule has 1 rings (SSSR count). The second kappa shape index (κ2) is 10.2. The van der Waals surface area contributed by atoms with Gasteiger partial charge >= 0.3 is 0 Å². The summed E-state index contributed by atoms with van der Waals surface area (Å²) in [6, 6.07) is 1.83. The van der Waals surface area contributed by atoms with E-state index >= 15 is 0 Å². The quantitative estimate of drug-likeness (QED) is 0.246. The van der Waals surface area contributed by atoms with E-state index in [9.17, 15) is 14.4 Å². The first-order valence-corrected chi connectivity index (χ1v) is 10.1. The summed E-state index contributed by atoms with van der Waals surface area (Å²) in [5, 5.41) is 8.05. The third-order valence-corrected chi connectivity index (χ3v) is 5.58. The van der Waals surface area contributed by atoms with Crippen molar-refractivity contribution in [2.45, 2.75) is 6.92 Å². The third-order valence-electron chi connectivity index (χ3n) is 2.55. The zero-order valence-corrected chi connectivity index (χ0v) is 19.2. The monoisotopic (exact) mass is 675 g/mol. The highest BCUT2D eigenvalue weighted by Crippen LogP contribution is 2.31. The molecule has 0 aliphatic rings. The summed E-state index contributed by atoms with van der Waals surface area (Å²) in [6.45, 7) is 2.01. The van der Waals surface area contributed by atoms with Gasteiger partial charge in [-0.2, -0.15) is 0 Å². The van der Waals surface area contributed by atoms with Gasteiger partial charge in [-0.3, -0.25) is 14.4 Å². The highest BCUT2D eigenvalue weighted by molar-refractivity contribution is 14.1. The van der Waals surface area contributed by atoms with Crippen molar-refractivity contribution < 1.29 is 14.4 Å². The Hall–Kier alpha value is 0.110. The number of benzene rings is 1.